The Bertz CT molecular complexity index is 587. The number of hydrogen-bond acceptors (Lipinski definition) is 5. The SMILES string of the molecule is Cl.O=C(c1ccc(O)cc1)N1CCN(C(=O)C2CC(O)CN2)CC1. The highest BCUT2D eigenvalue weighted by Gasteiger charge is 2.33. The van der Waals surface area contributed by atoms with Crippen LogP contribution in [0.5, 0.6) is 5.75 Å². The van der Waals surface area contributed by atoms with E-state index in [1.165, 1.54) is 12.1 Å². The summed E-state index contributed by atoms with van der Waals surface area (Å²) >= 11 is 0. The van der Waals surface area contributed by atoms with Crippen LogP contribution in [-0.4, -0.2) is 76.7 Å². The lowest BCUT2D eigenvalue weighted by Crippen LogP contribution is -2.54. The Hall–Kier alpha value is -1.83. The molecule has 0 radical (unpaired) electrons. The summed E-state index contributed by atoms with van der Waals surface area (Å²) in [5.74, 6) is 0.0352. The molecule has 0 aromatic heterocycles. The molecule has 1 aromatic rings. The van der Waals surface area contributed by atoms with Crippen molar-refractivity contribution in [1.82, 2.24) is 15.1 Å². The van der Waals surface area contributed by atoms with E-state index in [0.717, 1.165) is 0 Å². The van der Waals surface area contributed by atoms with E-state index in [9.17, 15) is 19.8 Å². The van der Waals surface area contributed by atoms with Gasteiger partial charge in [0.15, 0.2) is 0 Å². The Balaban J connectivity index is 0.00000208. The summed E-state index contributed by atoms with van der Waals surface area (Å²) in [6.07, 6.45) is -0.00723. The smallest absolute Gasteiger partial charge is 0.253 e. The first kappa shape index (κ1) is 18.5. The van der Waals surface area contributed by atoms with Crippen LogP contribution in [0.15, 0.2) is 24.3 Å². The van der Waals surface area contributed by atoms with E-state index in [2.05, 4.69) is 5.32 Å². The lowest BCUT2D eigenvalue weighted by atomic mass is 10.1. The molecule has 132 valence electrons. The molecule has 0 aliphatic carbocycles. The third-order valence-electron chi connectivity index (χ3n) is 4.40. The third kappa shape index (κ3) is 3.98. The van der Waals surface area contributed by atoms with Gasteiger partial charge in [0.1, 0.15) is 5.75 Å². The van der Waals surface area contributed by atoms with Gasteiger partial charge in [-0.3, -0.25) is 9.59 Å². The number of halogens is 1. The van der Waals surface area contributed by atoms with Crippen LogP contribution < -0.4 is 5.32 Å². The van der Waals surface area contributed by atoms with Crippen LogP contribution in [-0.2, 0) is 4.79 Å². The first-order valence-electron chi connectivity index (χ1n) is 7.83. The van der Waals surface area contributed by atoms with E-state index in [1.807, 2.05) is 0 Å². The van der Waals surface area contributed by atoms with Crippen LogP contribution >= 0.6 is 12.4 Å². The highest BCUT2D eigenvalue weighted by Crippen LogP contribution is 2.15. The van der Waals surface area contributed by atoms with E-state index < -0.39 is 6.10 Å². The fourth-order valence-electron chi connectivity index (χ4n) is 3.04. The zero-order chi connectivity index (χ0) is 16.4. The molecule has 0 bridgehead atoms. The summed E-state index contributed by atoms with van der Waals surface area (Å²) in [5, 5.41) is 21.8. The molecular formula is C16H22ClN3O4. The van der Waals surface area contributed by atoms with Crippen LogP contribution in [0.2, 0.25) is 0 Å². The summed E-state index contributed by atoms with van der Waals surface area (Å²) in [4.78, 5) is 28.2. The molecule has 2 aliphatic rings. The maximum atomic E-state index is 12.4. The molecule has 7 nitrogen and oxygen atoms in total. The molecule has 8 heteroatoms. The number of aliphatic hydroxyl groups is 1. The average molecular weight is 356 g/mol. The van der Waals surface area contributed by atoms with Crippen LogP contribution in [0.3, 0.4) is 0 Å². The summed E-state index contributed by atoms with van der Waals surface area (Å²) in [6, 6.07) is 5.86. The van der Waals surface area contributed by atoms with Crippen molar-refractivity contribution < 1.29 is 19.8 Å². The molecule has 24 heavy (non-hydrogen) atoms. The Morgan fingerprint density at radius 2 is 1.62 bits per heavy atom. The first-order valence-corrected chi connectivity index (χ1v) is 7.83. The van der Waals surface area contributed by atoms with Gasteiger partial charge in [0.2, 0.25) is 5.91 Å². The van der Waals surface area contributed by atoms with Gasteiger partial charge in [0.25, 0.3) is 5.91 Å². The van der Waals surface area contributed by atoms with Crippen molar-refractivity contribution in [3.63, 3.8) is 0 Å². The van der Waals surface area contributed by atoms with Gasteiger partial charge in [-0.1, -0.05) is 0 Å². The van der Waals surface area contributed by atoms with Crippen molar-refractivity contribution in [1.29, 1.82) is 0 Å². The Morgan fingerprint density at radius 1 is 1.04 bits per heavy atom. The highest BCUT2D eigenvalue weighted by molar-refractivity contribution is 5.94. The number of nitrogens with zero attached hydrogens (tertiary/aromatic N) is 2. The zero-order valence-electron chi connectivity index (χ0n) is 13.2. The number of carbonyl (C=O) groups is 2. The van der Waals surface area contributed by atoms with Crippen LogP contribution in [0, 0.1) is 0 Å². The topological polar surface area (TPSA) is 93.1 Å². The number of nitrogens with one attached hydrogen (secondary N) is 1. The number of amides is 2. The zero-order valence-corrected chi connectivity index (χ0v) is 14.0. The van der Waals surface area contributed by atoms with E-state index in [1.54, 1.807) is 21.9 Å². The number of aliphatic hydroxyl groups excluding tert-OH is 1. The van der Waals surface area contributed by atoms with E-state index in [0.29, 0.717) is 44.7 Å². The van der Waals surface area contributed by atoms with Gasteiger partial charge < -0.3 is 25.3 Å². The predicted molar refractivity (Wildman–Crippen MR) is 90.3 cm³/mol. The number of aromatic hydroxyl groups is 1. The Labute approximate surface area is 146 Å². The fraction of sp³-hybridized carbons (Fsp3) is 0.500. The van der Waals surface area contributed by atoms with Gasteiger partial charge in [0, 0.05) is 38.3 Å². The standard InChI is InChI=1S/C16H21N3O4.ClH/c20-12-3-1-11(2-4-12)15(22)18-5-7-19(8-6-18)16(23)14-9-13(21)10-17-14;/h1-4,13-14,17,20-21H,5-10H2;1H. The fourth-order valence-corrected chi connectivity index (χ4v) is 3.04. The quantitative estimate of drug-likeness (QED) is 0.684. The lowest BCUT2D eigenvalue weighted by molar-refractivity contribution is -0.134. The molecule has 2 aliphatic heterocycles. The number of phenolic OH excluding ortho intramolecular Hbond substituents is 1. The third-order valence-corrected chi connectivity index (χ3v) is 4.40. The second kappa shape index (κ2) is 7.83. The van der Waals surface area contributed by atoms with Crippen molar-refractivity contribution in [3.8, 4) is 5.75 Å². The van der Waals surface area contributed by atoms with E-state index in [4.69, 9.17) is 0 Å². The summed E-state index contributed by atoms with van der Waals surface area (Å²) < 4.78 is 0. The molecule has 3 N–H and O–H groups in total. The number of piperazine rings is 1. The molecule has 2 saturated heterocycles. The van der Waals surface area contributed by atoms with E-state index in [-0.39, 0.29) is 36.0 Å². The Kier molecular flexibility index (Phi) is 6.04. The molecule has 0 spiro atoms. The van der Waals surface area contributed by atoms with Crippen molar-refractivity contribution in [2.24, 2.45) is 0 Å². The second-order valence-electron chi connectivity index (χ2n) is 6.01. The minimum absolute atomic E-state index is 0. The molecular weight excluding hydrogens is 334 g/mol. The van der Waals surface area contributed by atoms with Crippen molar-refractivity contribution in [2.75, 3.05) is 32.7 Å². The average Bonchev–Trinajstić information content (AvgIpc) is 3.01. The van der Waals surface area contributed by atoms with Crippen LogP contribution in [0.25, 0.3) is 0 Å². The van der Waals surface area contributed by atoms with Gasteiger partial charge in [-0.05, 0) is 30.7 Å². The predicted octanol–water partition coefficient (Wildman–Crippen LogP) is -0.179. The first-order chi connectivity index (χ1) is 11.0. The van der Waals surface area contributed by atoms with Crippen molar-refractivity contribution >= 4 is 24.2 Å². The molecule has 2 amide bonds. The minimum atomic E-state index is -0.457. The number of rotatable bonds is 2. The van der Waals surface area contributed by atoms with E-state index >= 15 is 0 Å². The maximum Gasteiger partial charge on any atom is 0.253 e. The van der Waals surface area contributed by atoms with Gasteiger partial charge in [-0.2, -0.15) is 0 Å². The largest absolute Gasteiger partial charge is 0.508 e. The number of β-amino-alcohol motifs (C(OH)–C–C–N with tert-alkyl or cyclic N) is 1. The van der Waals surface area contributed by atoms with Crippen molar-refractivity contribution in [2.45, 2.75) is 18.6 Å². The molecule has 2 heterocycles. The van der Waals surface area contributed by atoms with Crippen molar-refractivity contribution in [3.05, 3.63) is 29.8 Å². The highest BCUT2D eigenvalue weighted by atomic mass is 35.5. The summed E-state index contributed by atoms with van der Waals surface area (Å²) in [6.45, 7) is 2.42. The molecule has 2 unspecified atom stereocenters. The monoisotopic (exact) mass is 355 g/mol. The molecule has 0 saturated carbocycles. The molecule has 3 rings (SSSR count). The van der Waals surface area contributed by atoms with Gasteiger partial charge in [0.05, 0.1) is 12.1 Å². The second-order valence-corrected chi connectivity index (χ2v) is 6.01. The molecule has 2 fully saturated rings. The van der Waals surface area contributed by atoms with Crippen LogP contribution in [0.1, 0.15) is 16.8 Å². The Morgan fingerprint density at radius 3 is 2.17 bits per heavy atom. The summed E-state index contributed by atoms with van der Waals surface area (Å²) in [5.41, 5.74) is 0.531. The van der Waals surface area contributed by atoms with Gasteiger partial charge in [-0.25, -0.2) is 0 Å². The number of phenols is 1. The molecule has 1 aromatic carbocycles. The van der Waals surface area contributed by atoms with Gasteiger partial charge in [-0.15, -0.1) is 12.4 Å². The number of benzene rings is 1. The van der Waals surface area contributed by atoms with Gasteiger partial charge >= 0.3 is 0 Å². The lowest BCUT2D eigenvalue weighted by Gasteiger charge is -2.36. The number of carbonyl (C=O) groups excluding carboxylic acids is 2. The van der Waals surface area contributed by atoms with Crippen LogP contribution in [0.4, 0.5) is 0 Å². The normalized spacial score (nSPS) is 23.7. The minimum Gasteiger partial charge on any atom is -0.508 e. The maximum absolute atomic E-state index is 12.4. The summed E-state index contributed by atoms with van der Waals surface area (Å²) in [7, 11) is 0. The number of hydrogen-bond donors (Lipinski definition) is 3. The molecule has 2 atom stereocenters.